The fraction of sp³-hybridized carbons (Fsp3) is 0.529. The van der Waals surface area contributed by atoms with Crippen LogP contribution in [-0.4, -0.2) is 45.1 Å². The highest BCUT2D eigenvalue weighted by molar-refractivity contribution is 5.88. The van der Waals surface area contributed by atoms with Gasteiger partial charge in [0.25, 0.3) is 0 Å². The van der Waals surface area contributed by atoms with Crippen molar-refractivity contribution in [3.63, 3.8) is 0 Å². The van der Waals surface area contributed by atoms with Crippen molar-refractivity contribution in [1.29, 1.82) is 0 Å². The molecule has 0 bridgehead atoms. The monoisotopic (exact) mass is 343 g/mol. The molecule has 1 fully saturated rings. The van der Waals surface area contributed by atoms with Crippen LogP contribution in [0.5, 0.6) is 0 Å². The summed E-state index contributed by atoms with van der Waals surface area (Å²) in [6, 6.07) is 5.84. The molecular weight excluding hydrogens is 318 g/mol. The van der Waals surface area contributed by atoms with E-state index in [1.165, 1.54) is 0 Å². The van der Waals surface area contributed by atoms with Crippen molar-refractivity contribution >= 4 is 17.7 Å². The lowest BCUT2D eigenvalue weighted by Crippen LogP contribution is -2.49. The van der Waals surface area contributed by atoms with E-state index in [9.17, 15) is 4.79 Å². The van der Waals surface area contributed by atoms with Gasteiger partial charge in [0.05, 0.1) is 5.69 Å². The minimum atomic E-state index is -0.226. The number of urea groups is 1. The van der Waals surface area contributed by atoms with Crippen molar-refractivity contribution in [1.82, 2.24) is 25.3 Å². The predicted octanol–water partition coefficient (Wildman–Crippen LogP) is 2.35. The number of aryl methyl sites for hydroxylation is 1. The maximum atomic E-state index is 12.2. The summed E-state index contributed by atoms with van der Waals surface area (Å²) in [6.45, 7) is 7.66. The first kappa shape index (κ1) is 17.2. The van der Waals surface area contributed by atoms with Gasteiger partial charge in [0, 0.05) is 37.4 Å². The molecule has 0 spiro atoms. The van der Waals surface area contributed by atoms with Crippen LogP contribution in [0.1, 0.15) is 38.4 Å². The molecule has 8 nitrogen and oxygen atoms in total. The summed E-state index contributed by atoms with van der Waals surface area (Å²) in [6.07, 6.45) is 3.81. The normalized spacial score (nSPS) is 17.6. The Hall–Kier alpha value is -2.64. The second kappa shape index (κ2) is 7.50. The van der Waals surface area contributed by atoms with E-state index in [1.54, 1.807) is 6.07 Å². The van der Waals surface area contributed by atoms with Gasteiger partial charge in [0.15, 0.2) is 11.6 Å². The minimum absolute atomic E-state index is 0.0732. The summed E-state index contributed by atoms with van der Waals surface area (Å²) in [5, 5.41) is 18.5. The standard InChI is InChI=1S/C17H25N7O/c1-12(2)24-10-8-15(22-24)19-17(25)18-14-5-4-9-23(11-14)16-7-6-13(3)20-21-16/h6-8,10,12,14H,4-5,9,11H2,1-3H3,(H2,18,19,22,25). The fourth-order valence-corrected chi connectivity index (χ4v) is 2.89. The lowest BCUT2D eigenvalue weighted by atomic mass is 10.1. The molecule has 1 aliphatic heterocycles. The summed E-state index contributed by atoms with van der Waals surface area (Å²) < 4.78 is 1.81. The number of nitrogens with zero attached hydrogens (tertiary/aromatic N) is 5. The second-order valence-corrected chi connectivity index (χ2v) is 6.69. The van der Waals surface area contributed by atoms with E-state index < -0.39 is 0 Å². The largest absolute Gasteiger partial charge is 0.353 e. The van der Waals surface area contributed by atoms with Gasteiger partial charge >= 0.3 is 6.03 Å². The van der Waals surface area contributed by atoms with Gasteiger partial charge in [0.2, 0.25) is 0 Å². The quantitative estimate of drug-likeness (QED) is 0.890. The first-order valence-corrected chi connectivity index (χ1v) is 8.69. The minimum Gasteiger partial charge on any atom is -0.353 e. The maximum Gasteiger partial charge on any atom is 0.320 e. The van der Waals surface area contributed by atoms with Crippen molar-refractivity contribution in [2.75, 3.05) is 23.3 Å². The van der Waals surface area contributed by atoms with Crippen LogP contribution in [0.25, 0.3) is 0 Å². The average Bonchev–Trinajstić information content (AvgIpc) is 3.04. The Bertz CT molecular complexity index is 710. The molecule has 2 amide bonds. The summed E-state index contributed by atoms with van der Waals surface area (Å²) in [5.41, 5.74) is 0.899. The molecule has 25 heavy (non-hydrogen) atoms. The topological polar surface area (TPSA) is 88.0 Å². The molecule has 2 aromatic rings. The van der Waals surface area contributed by atoms with Gasteiger partial charge in [-0.3, -0.25) is 10.00 Å². The number of amides is 2. The molecule has 134 valence electrons. The van der Waals surface area contributed by atoms with E-state index in [-0.39, 0.29) is 18.1 Å². The zero-order valence-corrected chi connectivity index (χ0v) is 14.9. The van der Waals surface area contributed by atoms with Crippen LogP contribution in [0.2, 0.25) is 0 Å². The van der Waals surface area contributed by atoms with Gasteiger partial charge in [-0.1, -0.05) is 0 Å². The van der Waals surface area contributed by atoms with E-state index in [0.717, 1.165) is 37.4 Å². The van der Waals surface area contributed by atoms with Crippen LogP contribution in [0.4, 0.5) is 16.4 Å². The Morgan fingerprint density at radius 1 is 1.28 bits per heavy atom. The zero-order chi connectivity index (χ0) is 17.8. The SMILES string of the molecule is Cc1ccc(N2CCCC(NC(=O)Nc3ccn(C(C)C)n3)C2)nn1. The lowest BCUT2D eigenvalue weighted by Gasteiger charge is -2.33. The van der Waals surface area contributed by atoms with Gasteiger partial charge in [-0.2, -0.15) is 10.2 Å². The number of rotatable bonds is 4. The molecule has 0 aromatic carbocycles. The van der Waals surface area contributed by atoms with Crippen molar-refractivity contribution in [2.45, 2.75) is 45.7 Å². The van der Waals surface area contributed by atoms with Crippen molar-refractivity contribution in [3.05, 3.63) is 30.1 Å². The Kier molecular flexibility index (Phi) is 5.16. The predicted molar refractivity (Wildman–Crippen MR) is 96.8 cm³/mol. The third-order valence-electron chi connectivity index (χ3n) is 4.24. The number of anilines is 2. The molecule has 0 saturated carbocycles. The van der Waals surface area contributed by atoms with Gasteiger partial charge in [-0.05, 0) is 45.7 Å². The van der Waals surface area contributed by atoms with Gasteiger partial charge < -0.3 is 10.2 Å². The van der Waals surface area contributed by atoms with Crippen LogP contribution in [0, 0.1) is 6.92 Å². The number of hydrogen-bond donors (Lipinski definition) is 2. The molecular formula is C17H25N7O. The van der Waals surface area contributed by atoms with Crippen molar-refractivity contribution in [3.8, 4) is 0 Å². The van der Waals surface area contributed by atoms with E-state index in [0.29, 0.717) is 5.82 Å². The van der Waals surface area contributed by atoms with E-state index >= 15 is 0 Å². The Labute approximate surface area is 147 Å². The maximum absolute atomic E-state index is 12.2. The van der Waals surface area contributed by atoms with Gasteiger partial charge in [-0.15, -0.1) is 5.10 Å². The van der Waals surface area contributed by atoms with Crippen molar-refractivity contribution in [2.24, 2.45) is 0 Å². The zero-order valence-electron chi connectivity index (χ0n) is 14.9. The van der Waals surface area contributed by atoms with E-state index in [4.69, 9.17) is 0 Å². The van der Waals surface area contributed by atoms with Crippen LogP contribution in [0.15, 0.2) is 24.4 Å². The van der Waals surface area contributed by atoms with E-state index in [1.807, 2.05) is 43.8 Å². The lowest BCUT2D eigenvalue weighted by molar-refractivity contribution is 0.246. The highest BCUT2D eigenvalue weighted by Gasteiger charge is 2.22. The highest BCUT2D eigenvalue weighted by atomic mass is 16.2. The molecule has 3 heterocycles. The van der Waals surface area contributed by atoms with Crippen LogP contribution in [-0.2, 0) is 0 Å². The smallest absolute Gasteiger partial charge is 0.320 e. The number of carbonyl (C=O) groups is 1. The Morgan fingerprint density at radius 2 is 2.12 bits per heavy atom. The molecule has 2 aromatic heterocycles. The summed E-state index contributed by atoms with van der Waals surface area (Å²) in [7, 11) is 0. The van der Waals surface area contributed by atoms with Crippen LogP contribution in [0.3, 0.4) is 0 Å². The number of piperidine rings is 1. The number of carbonyl (C=O) groups excluding carboxylic acids is 1. The molecule has 1 aliphatic rings. The summed E-state index contributed by atoms with van der Waals surface area (Å²) in [4.78, 5) is 14.4. The summed E-state index contributed by atoms with van der Waals surface area (Å²) >= 11 is 0. The molecule has 3 rings (SSSR count). The molecule has 1 atom stereocenters. The number of hydrogen-bond acceptors (Lipinski definition) is 5. The highest BCUT2D eigenvalue weighted by Crippen LogP contribution is 2.17. The molecule has 2 N–H and O–H groups in total. The van der Waals surface area contributed by atoms with E-state index in [2.05, 4.69) is 30.8 Å². The third kappa shape index (κ3) is 4.46. The van der Waals surface area contributed by atoms with Crippen molar-refractivity contribution < 1.29 is 4.79 Å². The molecule has 0 aliphatic carbocycles. The Balaban J connectivity index is 1.54. The van der Waals surface area contributed by atoms with Crippen LogP contribution >= 0.6 is 0 Å². The first-order chi connectivity index (χ1) is 12.0. The fourth-order valence-electron chi connectivity index (χ4n) is 2.89. The Morgan fingerprint density at radius 3 is 2.80 bits per heavy atom. The average molecular weight is 343 g/mol. The van der Waals surface area contributed by atoms with Gasteiger partial charge in [-0.25, -0.2) is 4.79 Å². The number of nitrogens with one attached hydrogen (secondary N) is 2. The van der Waals surface area contributed by atoms with Gasteiger partial charge in [0.1, 0.15) is 0 Å². The molecule has 0 radical (unpaired) electrons. The second-order valence-electron chi connectivity index (χ2n) is 6.69. The van der Waals surface area contributed by atoms with Crippen LogP contribution < -0.4 is 15.5 Å². The molecule has 1 saturated heterocycles. The molecule has 8 heteroatoms. The third-order valence-corrected chi connectivity index (χ3v) is 4.24. The first-order valence-electron chi connectivity index (χ1n) is 8.69. The number of aromatic nitrogens is 4. The molecule has 1 unspecified atom stereocenters. The summed E-state index contributed by atoms with van der Waals surface area (Å²) in [5.74, 6) is 1.41.